The van der Waals surface area contributed by atoms with Crippen LogP contribution in [-0.2, 0) is 10.0 Å². The molecule has 0 bridgehead atoms. The summed E-state index contributed by atoms with van der Waals surface area (Å²) in [7, 11) is -4.00. The first-order valence-electron chi connectivity index (χ1n) is 11.3. The van der Waals surface area contributed by atoms with E-state index in [-0.39, 0.29) is 15.5 Å². The second-order valence-corrected chi connectivity index (χ2v) is 10.6. The second kappa shape index (κ2) is 10.1. The fraction of sp³-hybridized carbons (Fsp3) is 0.269. The zero-order valence-electron chi connectivity index (χ0n) is 19.3. The van der Waals surface area contributed by atoms with Gasteiger partial charge in [0.15, 0.2) is 0 Å². The minimum absolute atomic E-state index is 0.0419. The van der Waals surface area contributed by atoms with Gasteiger partial charge in [0.2, 0.25) is 0 Å². The van der Waals surface area contributed by atoms with Crippen molar-refractivity contribution in [1.82, 2.24) is 0 Å². The Balaban J connectivity index is 1.52. The zero-order valence-corrected chi connectivity index (χ0v) is 20.8. The Morgan fingerprint density at radius 1 is 0.941 bits per heavy atom. The van der Waals surface area contributed by atoms with Crippen LogP contribution in [0.3, 0.4) is 0 Å². The van der Waals surface area contributed by atoms with Crippen molar-refractivity contribution in [2.75, 3.05) is 28.0 Å². The number of carbonyl (C=O) groups is 1. The van der Waals surface area contributed by atoms with Crippen molar-refractivity contribution < 1.29 is 13.2 Å². The Bertz CT molecular complexity index is 1300. The fourth-order valence-corrected chi connectivity index (χ4v) is 5.67. The van der Waals surface area contributed by atoms with Gasteiger partial charge in [0.25, 0.3) is 15.9 Å². The number of anilines is 3. The Hall–Kier alpha value is -3.03. The van der Waals surface area contributed by atoms with E-state index in [1.54, 1.807) is 12.1 Å². The summed E-state index contributed by atoms with van der Waals surface area (Å²) in [5.74, 6) is -0.412. The summed E-state index contributed by atoms with van der Waals surface area (Å²) in [5.41, 5.74) is 4.23. The summed E-state index contributed by atoms with van der Waals surface area (Å²) in [6.07, 6.45) is 3.65. The van der Waals surface area contributed by atoms with E-state index >= 15 is 0 Å². The molecule has 3 aromatic carbocycles. The van der Waals surface area contributed by atoms with Crippen molar-refractivity contribution in [2.45, 2.75) is 38.0 Å². The molecule has 1 aliphatic heterocycles. The minimum atomic E-state index is -4.00. The highest BCUT2D eigenvalue weighted by Gasteiger charge is 2.21. The molecule has 1 heterocycles. The van der Waals surface area contributed by atoms with Crippen molar-refractivity contribution in [3.05, 3.63) is 82.4 Å². The number of rotatable bonds is 6. The largest absolute Gasteiger partial charge is 0.372 e. The smallest absolute Gasteiger partial charge is 0.263 e. The highest BCUT2D eigenvalue weighted by atomic mass is 35.5. The number of nitrogens with one attached hydrogen (secondary N) is 2. The summed E-state index contributed by atoms with van der Waals surface area (Å²) in [4.78, 5) is 15.1. The number of nitrogens with zero attached hydrogens (tertiary/aromatic N) is 1. The van der Waals surface area contributed by atoms with Crippen LogP contribution in [-0.4, -0.2) is 27.4 Å². The molecule has 1 saturated heterocycles. The number of amides is 1. The predicted octanol–water partition coefficient (Wildman–Crippen LogP) is 6.00. The first kappa shape index (κ1) is 24.1. The molecule has 0 unspecified atom stereocenters. The van der Waals surface area contributed by atoms with Gasteiger partial charge in [-0.05, 0) is 92.8 Å². The van der Waals surface area contributed by atoms with E-state index in [1.165, 1.54) is 37.5 Å². The van der Waals surface area contributed by atoms with E-state index in [9.17, 15) is 13.2 Å². The lowest BCUT2D eigenvalue weighted by Gasteiger charge is -2.28. The molecule has 6 nitrogen and oxygen atoms in total. The summed E-state index contributed by atoms with van der Waals surface area (Å²) in [5, 5.41) is 2.88. The normalized spacial score (nSPS) is 14.0. The summed E-state index contributed by atoms with van der Waals surface area (Å²) >= 11 is 6.22. The van der Waals surface area contributed by atoms with Crippen molar-refractivity contribution in [3.8, 4) is 0 Å². The lowest BCUT2D eigenvalue weighted by atomic mass is 10.1. The molecule has 8 heteroatoms. The van der Waals surface area contributed by atoms with Crippen LogP contribution in [0.25, 0.3) is 0 Å². The van der Waals surface area contributed by atoms with Gasteiger partial charge in [-0.3, -0.25) is 9.52 Å². The molecule has 1 fully saturated rings. The van der Waals surface area contributed by atoms with Crippen LogP contribution < -0.4 is 14.9 Å². The van der Waals surface area contributed by atoms with E-state index < -0.39 is 15.9 Å². The molecular formula is C26H28ClN3O3S. The first-order chi connectivity index (χ1) is 16.2. The Morgan fingerprint density at radius 2 is 1.65 bits per heavy atom. The molecule has 34 heavy (non-hydrogen) atoms. The maximum atomic E-state index is 13.1. The van der Waals surface area contributed by atoms with Crippen molar-refractivity contribution in [1.29, 1.82) is 0 Å². The second-order valence-electron chi connectivity index (χ2n) is 8.55. The van der Waals surface area contributed by atoms with E-state index in [2.05, 4.69) is 14.9 Å². The highest BCUT2D eigenvalue weighted by molar-refractivity contribution is 7.92. The molecule has 0 spiro atoms. The van der Waals surface area contributed by atoms with Crippen LogP contribution in [0.15, 0.2) is 65.6 Å². The van der Waals surface area contributed by atoms with Crippen LogP contribution in [0.5, 0.6) is 0 Å². The average Bonchev–Trinajstić information content (AvgIpc) is 2.83. The van der Waals surface area contributed by atoms with Crippen LogP contribution in [0.1, 0.15) is 40.7 Å². The Morgan fingerprint density at radius 3 is 2.35 bits per heavy atom. The molecule has 1 amide bonds. The first-order valence-corrected chi connectivity index (χ1v) is 13.2. The molecule has 4 rings (SSSR count). The summed E-state index contributed by atoms with van der Waals surface area (Å²) < 4.78 is 28.7. The van der Waals surface area contributed by atoms with Crippen LogP contribution in [0, 0.1) is 13.8 Å². The van der Waals surface area contributed by atoms with Gasteiger partial charge < -0.3 is 10.2 Å². The summed E-state index contributed by atoms with van der Waals surface area (Å²) in [6.45, 7) is 5.84. The lowest BCUT2D eigenvalue weighted by Crippen LogP contribution is -2.29. The Labute approximate surface area is 206 Å². The van der Waals surface area contributed by atoms with Gasteiger partial charge in [0, 0.05) is 30.0 Å². The van der Waals surface area contributed by atoms with Crippen molar-refractivity contribution >= 4 is 44.6 Å². The van der Waals surface area contributed by atoms with Crippen molar-refractivity contribution in [2.24, 2.45) is 0 Å². The van der Waals surface area contributed by atoms with Crippen LogP contribution in [0.4, 0.5) is 17.1 Å². The number of piperidine rings is 1. The van der Waals surface area contributed by atoms with Crippen molar-refractivity contribution in [3.63, 3.8) is 0 Å². The van der Waals surface area contributed by atoms with Gasteiger partial charge in [0.1, 0.15) is 4.90 Å². The quantitative estimate of drug-likeness (QED) is 0.437. The SMILES string of the molecule is Cc1cccc(NS(=O)(=O)c2cc(C(=O)Nc3ccc(N4CCCCC4)cc3)ccc2Cl)c1C. The number of hydrogen-bond acceptors (Lipinski definition) is 4. The molecule has 3 aromatic rings. The predicted molar refractivity (Wildman–Crippen MR) is 139 cm³/mol. The van der Waals surface area contributed by atoms with Gasteiger partial charge in [-0.2, -0.15) is 0 Å². The van der Waals surface area contributed by atoms with E-state index in [1.807, 2.05) is 44.2 Å². The zero-order chi connectivity index (χ0) is 24.3. The minimum Gasteiger partial charge on any atom is -0.372 e. The maximum Gasteiger partial charge on any atom is 0.263 e. The molecule has 0 atom stereocenters. The standard InChI is InChI=1S/C26H28ClN3O3S/c1-18-7-6-8-24(19(18)2)29-34(32,33)25-17-20(9-14-23(25)27)26(31)28-21-10-12-22(13-11-21)30-15-4-3-5-16-30/h6-14,17,29H,3-5,15-16H2,1-2H3,(H,28,31). The molecule has 2 N–H and O–H groups in total. The average molecular weight is 498 g/mol. The lowest BCUT2D eigenvalue weighted by molar-refractivity contribution is 0.102. The number of halogens is 1. The molecule has 178 valence electrons. The molecule has 1 aliphatic rings. The third-order valence-corrected chi connectivity index (χ3v) is 8.03. The highest BCUT2D eigenvalue weighted by Crippen LogP contribution is 2.28. The number of hydrogen-bond donors (Lipinski definition) is 2. The number of aryl methyl sites for hydroxylation is 1. The monoisotopic (exact) mass is 497 g/mol. The van der Waals surface area contributed by atoms with E-state index in [4.69, 9.17) is 11.6 Å². The Kier molecular flexibility index (Phi) is 7.14. The number of benzene rings is 3. The van der Waals surface area contributed by atoms with Crippen LogP contribution in [0.2, 0.25) is 5.02 Å². The van der Waals surface area contributed by atoms with Crippen LogP contribution >= 0.6 is 11.6 Å². The van der Waals surface area contributed by atoms with E-state index in [0.717, 1.165) is 29.9 Å². The number of carbonyl (C=O) groups excluding carboxylic acids is 1. The van der Waals surface area contributed by atoms with Gasteiger partial charge in [0.05, 0.1) is 10.7 Å². The topological polar surface area (TPSA) is 78.5 Å². The number of sulfonamides is 1. The molecule has 0 radical (unpaired) electrons. The summed E-state index contributed by atoms with van der Waals surface area (Å²) in [6, 6.07) is 17.3. The van der Waals surface area contributed by atoms with Gasteiger partial charge in [-0.15, -0.1) is 0 Å². The fourth-order valence-electron chi connectivity index (χ4n) is 4.02. The molecule has 0 saturated carbocycles. The molecule has 0 aromatic heterocycles. The van der Waals surface area contributed by atoms with Gasteiger partial charge in [-0.1, -0.05) is 23.7 Å². The molecule has 0 aliphatic carbocycles. The maximum absolute atomic E-state index is 13.1. The molecular weight excluding hydrogens is 470 g/mol. The van der Waals surface area contributed by atoms with Gasteiger partial charge in [-0.25, -0.2) is 8.42 Å². The van der Waals surface area contributed by atoms with Gasteiger partial charge >= 0.3 is 0 Å². The van der Waals surface area contributed by atoms with E-state index in [0.29, 0.717) is 11.4 Å². The third kappa shape index (κ3) is 5.37. The third-order valence-electron chi connectivity index (χ3n) is 6.18.